The summed E-state index contributed by atoms with van der Waals surface area (Å²) in [5, 5.41) is 14.7. The minimum Gasteiger partial charge on any atom is -0.409 e. The van der Waals surface area contributed by atoms with Gasteiger partial charge in [-0.1, -0.05) is 19.0 Å². The molecule has 0 saturated carbocycles. The van der Waals surface area contributed by atoms with Crippen LogP contribution in [0.15, 0.2) is 5.16 Å². The fourth-order valence-corrected chi connectivity index (χ4v) is 2.15. The van der Waals surface area contributed by atoms with Crippen LogP contribution in [-0.4, -0.2) is 40.6 Å². The highest BCUT2D eigenvalue weighted by Crippen LogP contribution is 2.17. The molecule has 6 heteroatoms. The van der Waals surface area contributed by atoms with E-state index in [1.54, 1.807) is 4.90 Å². The van der Waals surface area contributed by atoms with Gasteiger partial charge in [-0.05, 0) is 25.7 Å². The number of nitrogens with two attached hydrogens (primary N) is 1. The zero-order chi connectivity index (χ0) is 12.9. The highest BCUT2D eigenvalue weighted by Gasteiger charge is 2.35. The molecule has 0 aromatic carbocycles. The predicted octanol–water partition coefficient (Wildman–Crippen LogP) is 1.10. The first kappa shape index (κ1) is 13.6. The molecule has 0 aromatic rings. The van der Waals surface area contributed by atoms with Crippen LogP contribution in [-0.2, 0) is 0 Å². The summed E-state index contributed by atoms with van der Waals surface area (Å²) in [5.41, 5.74) is 4.95. The van der Waals surface area contributed by atoms with Crippen LogP contribution >= 0.6 is 0 Å². The summed E-state index contributed by atoms with van der Waals surface area (Å²) in [6, 6.07) is -0.127. The molecular weight excluding hydrogens is 220 g/mol. The van der Waals surface area contributed by atoms with Gasteiger partial charge in [0.15, 0.2) is 5.84 Å². The van der Waals surface area contributed by atoms with Crippen molar-refractivity contribution in [2.75, 3.05) is 13.1 Å². The van der Waals surface area contributed by atoms with Crippen LogP contribution in [0.2, 0.25) is 0 Å². The average molecular weight is 242 g/mol. The lowest BCUT2D eigenvalue weighted by Crippen LogP contribution is -2.59. The number of oxime groups is 1. The van der Waals surface area contributed by atoms with Crippen LogP contribution in [0.1, 0.15) is 39.5 Å². The maximum Gasteiger partial charge on any atom is 0.318 e. The summed E-state index contributed by atoms with van der Waals surface area (Å²) in [4.78, 5) is 13.8. The molecule has 17 heavy (non-hydrogen) atoms. The molecular formula is C11H22N4O2. The molecule has 1 aliphatic heterocycles. The molecule has 6 nitrogen and oxygen atoms in total. The van der Waals surface area contributed by atoms with Crippen LogP contribution in [0.5, 0.6) is 0 Å². The number of carbonyl (C=O) groups is 1. The topological polar surface area (TPSA) is 91.0 Å². The molecule has 1 saturated heterocycles. The zero-order valence-electron chi connectivity index (χ0n) is 10.6. The summed E-state index contributed by atoms with van der Waals surface area (Å²) in [6.45, 7) is 5.38. The Morgan fingerprint density at radius 1 is 1.41 bits per heavy atom. The summed E-state index contributed by atoms with van der Waals surface area (Å²) < 4.78 is 0. The number of hydrogen-bond donors (Lipinski definition) is 3. The van der Waals surface area contributed by atoms with E-state index >= 15 is 0 Å². The Bertz CT molecular complexity index is 294. The highest BCUT2D eigenvalue weighted by molar-refractivity contribution is 5.93. The Kier molecular flexibility index (Phi) is 4.60. The maximum atomic E-state index is 12.0. The van der Waals surface area contributed by atoms with Gasteiger partial charge < -0.3 is 21.2 Å². The number of hydrogen-bond acceptors (Lipinski definition) is 3. The Morgan fingerprint density at radius 3 is 2.35 bits per heavy atom. The van der Waals surface area contributed by atoms with E-state index in [1.807, 2.05) is 13.8 Å². The Labute approximate surface area is 102 Å². The fraction of sp³-hybridized carbons (Fsp3) is 0.818. The lowest BCUT2D eigenvalue weighted by atomic mass is 9.91. The SMILES string of the molecule is CCC(CC)(NC(=O)N1CCCC1)C(N)=NO. The third kappa shape index (κ3) is 2.81. The van der Waals surface area contributed by atoms with Gasteiger partial charge in [-0.2, -0.15) is 0 Å². The number of amides is 2. The first-order valence-corrected chi connectivity index (χ1v) is 6.14. The van der Waals surface area contributed by atoms with Crippen molar-refractivity contribution in [3.8, 4) is 0 Å². The van der Waals surface area contributed by atoms with Crippen molar-refractivity contribution in [3.05, 3.63) is 0 Å². The largest absolute Gasteiger partial charge is 0.409 e. The van der Waals surface area contributed by atoms with E-state index in [2.05, 4.69) is 10.5 Å². The molecule has 0 bridgehead atoms. The number of urea groups is 1. The molecule has 4 N–H and O–H groups in total. The van der Waals surface area contributed by atoms with Crippen molar-refractivity contribution in [2.24, 2.45) is 10.9 Å². The number of nitrogens with one attached hydrogen (secondary N) is 1. The molecule has 1 rings (SSSR count). The first-order chi connectivity index (χ1) is 8.09. The minimum atomic E-state index is -0.742. The second-order valence-electron chi connectivity index (χ2n) is 4.40. The first-order valence-electron chi connectivity index (χ1n) is 6.14. The molecule has 0 spiro atoms. The van der Waals surface area contributed by atoms with E-state index < -0.39 is 5.54 Å². The maximum absolute atomic E-state index is 12.0. The van der Waals surface area contributed by atoms with Crippen molar-refractivity contribution in [3.63, 3.8) is 0 Å². The molecule has 2 amide bonds. The van der Waals surface area contributed by atoms with Crippen molar-refractivity contribution in [2.45, 2.75) is 45.1 Å². The van der Waals surface area contributed by atoms with Gasteiger partial charge in [-0.3, -0.25) is 0 Å². The fourth-order valence-electron chi connectivity index (χ4n) is 2.15. The standard InChI is InChI=1S/C11H22N4O2/c1-3-11(4-2,9(12)14-17)13-10(16)15-7-5-6-8-15/h17H,3-8H2,1-2H3,(H2,12,14)(H,13,16). The van der Waals surface area contributed by atoms with Gasteiger partial charge in [0.1, 0.15) is 5.54 Å². The summed E-state index contributed by atoms with van der Waals surface area (Å²) in [7, 11) is 0. The normalized spacial score (nSPS) is 17.3. The Balaban J connectivity index is 2.75. The molecule has 0 radical (unpaired) electrons. The van der Waals surface area contributed by atoms with Gasteiger partial charge in [-0.25, -0.2) is 4.79 Å². The summed E-state index contributed by atoms with van der Waals surface area (Å²) in [6.07, 6.45) is 3.28. The van der Waals surface area contributed by atoms with Crippen LogP contribution in [0.3, 0.4) is 0 Å². The van der Waals surface area contributed by atoms with E-state index in [1.165, 1.54) is 0 Å². The van der Waals surface area contributed by atoms with Gasteiger partial charge in [0.2, 0.25) is 0 Å². The van der Waals surface area contributed by atoms with Crippen molar-refractivity contribution in [1.82, 2.24) is 10.2 Å². The van der Waals surface area contributed by atoms with Gasteiger partial charge >= 0.3 is 6.03 Å². The zero-order valence-corrected chi connectivity index (χ0v) is 10.6. The smallest absolute Gasteiger partial charge is 0.318 e. The Hall–Kier alpha value is -1.46. The van der Waals surface area contributed by atoms with E-state index in [9.17, 15) is 4.79 Å². The summed E-state index contributed by atoms with van der Waals surface area (Å²) >= 11 is 0. The van der Waals surface area contributed by atoms with Crippen molar-refractivity contribution < 1.29 is 10.0 Å². The van der Waals surface area contributed by atoms with Gasteiger partial charge in [0.05, 0.1) is 0 Å². The van der Waals surface area contributed by atoms with Crippen molar-refractivity contribution in [1.29, 1.82) is 0 Å². The minimum absolute atomic E-state index is 0.0649. The molecule has 1 aliphatic rings. The van der Waals surface area contributed by atoms with E-state index in [-0.39, 0.29) is 11.9 Å². The monoisotopic (exact) mass is 242 g/mol. The second kappa shape index (κ2) is 5.75. The molecule has 0 aliphatic carbocycles. The lowest BCUT2D eigenvalue weighted by molar-refractivity contribution is 0.198. The highest BCUT2D eigenvalue weighted by atomic mass is 16.4. The van der Waals surface area contributed by atoms with Crippen LogP contribution in [0.25, 0.3) is 0 Å². The van der Waals surface area contributed by atoms with E-state index in [0.717, 1.165) is 25.9 Å². The van der Waals surface area contributed by atoms with Crippen LogP contribution in [0, 0.1) is 0 Å². The third-order valence-corrected chi connectivity index (χ3v) is 3.54. The summed E-state index contributed by atoms with van der Waals surface area (Å²) in [5.74, 6) is 0.0649. The van der Waals surface area contributed by atoms with Crippen molar-refractivity contribution >= 4 is 11.9 Å². The third-order valence-electron chi connectivity index (χ3n) is 3.54. The second-order valence-corrected chi connectivity index (χ2v) is 4.40. The molecule has 1 heterocycles. The van der Waals surface area contributed by atoms with Crippen LogP contribution in [0.4, 0.5) is 4.79 Å². The molecule has 98 valence electrons. The molecule has 0 aromatic heterocycles. The quantitative estimate of drug-likeness (QED) is 0.298. The molecule has 1 fully saturated rings. The number of nitrogens with zero attached hydrogens (tertiary/aromatic N) is 2. The predicted molar refractivity (Wildman–Crippen MR) is 66.1 cm³/mol. The van der Waals surface area contributed by atoms with E-state index in [4.69, 9.17) is 10.9 Å². The lowest BCUT2D eigenvalue weighted by Gasteiger charge is -2.33. The van der Waals surface area contributed by atoms with Crippen LogP contribution < -0.4 is 11.1 Å². The average Bonchev–Trinajstić information content (AvgIpc) is 2.88. The number of carbonyl (C=O) groups excluding carboxylic acids is 1. The number of amidine groups is 1. The molecule has 0 atom stereocenters. The number of rotatable bonds is 4. The van der Waals surface area contributed by atoms with E-state index in [0.29, 0.717) is 12.8 Å². The Morgan fingerprint density at radius 2 is 1.94 bits per heavy atom. The number of likely N-dealkylation sites (tertiary alicyclic amines) is 1. The van der Waals surface area contributed by atoms with Gasteiger partial charge in [-0.15, -0.1) is 0 Å². The van der Waals surface area contributed by atoms with Gasteiger partial charge in [0.25, 0.3) is 0 Å². The molecule has 0 unspecified atom stereocenters. The van der Waals surface area contributed by atoms with Gasteiger partial charge in [0, 0.05) is 13.1 Å².